The molecule has 4 heteroatoms. The molecule has 60 valence electrons. The van der Waals surface area contributed by atoms with Gasteiger partial charge in [-0.25, -0.2) is 0 Å². The molecular formula is C6H13NO3. The summed E-state index contributed by atoms with van der Waals surface area (Å²) >= 11 is 0. The topological polar surface area (TPSA) is 66.4 Å². The van der Waals surface area contributed by atoms with Crippen LogP contribution in [0.15, 0.2) is 0 Å². The smallest absolute Gasteiger partial charge is 0.312 e. The normalized spacial score (nSPS) is 7.10. The van der Waals surface area contributed by atoms with Crippen LogP contribution in [-0.4, -0.2) is 24.0 Å². The minimum Gasteiger partial charge on any atom is -0.481 e. The summed E-state index contributed by atoms with van der Waals surface area (Å²) in [6, 6.07) is 0. The molecule has 0 saturated heterocycles. The van der Waals surface area contributed by atoms with Crippen molar-refractivity contribution in [1.29, 1.82) is 0 Å². The second-order valence-electron chi connectivity index (χ2n) is 1.24. The molecule has 0 aliphatic heterocycles. The Morgan fingerprint density at radius 3 is 1.90 bits per heavy atom. The molecule has 0 spiro atoms. The Morgan fingerprint density at radius 1 is 1.40 bits per heavy atom. The van der Waals surface area contributed by atoms with Gasteiger partial charge in [0, 0.05) is 7.05 Å². The molecule has 0 aliphatic rings. The monoisotopic (exact) mass is 147 g/mol. The molecule has 0 heterocycles. The van der Waals surface area contributed by atoms with Gasteiger partial charge < -0.3 is 10.4 Å². The highest BCUT2D eigenvalue weighted by atomic mass is 16.4. The molecule has 0 bridgehead atoms. The van der Waals surface area contributed by atoms with Gasteiger partial charge in [-0.05, 0) is 0 Å². The number of amides is 1. The lowest BCUT2D eigenvalue weighted by Gasteiger charge is -1.90. The van der Waals surface area contributed by atoms with Crippen LogP contribution in [-0.2, 0) is 9.59 Å². The van der Waals surface area contributed by atoms with E-state index in [0.29, 0.717) is 0 Å². The van der Waals surface area contributed by atoms with Gasteiger partial charge in [0.25, 0.3) is 0 Å². The van der Waals surface area contributed by atoms with E-state index in [1.54, 1.807) is 0 Å². The van der Waals surface area contributed by atoms with Crippen molar-refractivity contribution in [3.05, 3.63) is 0 Å². The fourth-order valence-electron chi connectivity index (χ4n) is 0.226. The number of aliphatic carboxylic acids is 1. The lowest BCUT2D eigenvalue weighted by atomic mass is 10.4. The number of hydrogen-bond donors (Lipinski definition) is 2. The molecule has 0 aromatic carbocycles. The Bertz CT molecular complexity index is 112. The van der Waals surface area contributed by atoms with E-state index in [0.717, 1.165) is 0 Å². The number of carboxylic acids is 1. The number of rotatable bonds is 2. The Hall–Kier alpha value is -1.06. The van der Waals surface area contributed by atoms with Crippen LogP contribution in [0.1, 0.15) is 20.3 Å². The second-order valence-corrected chi connectivity index (χ2v) is 1.24. The van der Waals surface area contributed by atoms with Crippen molar-refractivity contribution in [2.45, 2.75) is 20.3 Å². The van der Waals surface area contributed by atoms with Crippen molar-refractivity contribution in [3.8, 4) is 0 Å². The summed E-state index contributed by atoms with van der Waals surface area (Å²) in [5.41, 5.74) is 0. The SMILES string of the molecule is CC.CNC(=O)CC(=O)O. The van der Waals surface area contributed by atoms with Crippen molar-refractivity contribution in [1.82, 2.24) is 5.32 Å². The van der Waals surface area contributed by atoms with E-state index in [1.165, 1.54) is 7.05 Å². The van der Waals surface area contributed by atoms with Gasteiger partial charge in [0.2, 0.25) is 5.91 Å². The third-order valence-electron chi connectivity index (χ3n) is 0.591. The van der Waals surface area contributed by atoms with Crippen LogP contribution < -0.4 is 5.32 Å². The quantitative estimate of drug-likeness (QED) is 0.549. The fourth-order valence-corrected chi connectivity index (χ4v) is 0.226. The first-order valence-electron chi connectivity index (χ1n) is 3.09. The standard InChI is InChI=1S/C4H7NO3.C2H6/c1-5-3(6)2-4(7)8;1-2/h2H2,1H3,(H,5,6)(H,7,8);1-2H3. The molecule has 0 unspecified atom stereocenters. The van der Waals surface area contributed by atoms with Gasteiger partial charge in [0.15, 0.2) is 0 Å². The van der Waals surface area contributed by atoms with E-state index in [9.17, 15) is 9.59 Å². The minimum atomic E-state index is -1.11. The fraction of sp³-hybridized carbons (Fsp3) is 0.667. The Kier molecular flexibility index (Phi) is 9.29. The number of carbonyl (C=O) groups is 2. The maximum atomic E-state index is 10.1. The summed E-state index contributed by atoms with van der Waals surface area (Å²) < 4.78 is 0. The first-order chi connectivity index (χ1) is 4.66. The van der Waals surface area contributed by atoms with Crippen LogP contribution in [0.25, 0.3) is 0 Å². The molecule has 1 amide bonds. The van der Waals surface area contributed by atoms with E-state index in [2.05, 4.69) is 5.32 Å². The van der Waals surface area contributed by atoms with Crippen LogP contribution >= 0.6 is 0 Å². The summed E-state index contributed by atoms with van der Waals surface area (Å²) in [6.07, 6.45) is -0.448. The molecule has 0 saturated carbocycles. The average molecular weight is 147 g/mol. The first-order valence-corrected chi connectivity index (χ1v) is 3.09. The maximum absolute atomic E-state index is 10.1. The van der Waals surface area contributed by atoms with Gasteiger partial charge in [-0.15, -0.1) is 0 Å². The van der Waals surface area contributed by atoms with Crippen LogP contribution in [0.5, 0.6) is 0 Å². The van der Waals surface area contributed by atoms with Crippen molar-refractivity contribution in [2.75, 3.05) is 7.05 Å². The molecular weight excluding hydrogens is 134 g/mol. The summed E-state index contributed by atoms with van der Waals surface area (Å²) in [4.78, 5) is 19.8. The number of hydrogen-bond acceptors (Lipinski definition) is 2. The van der Waals surface area contributed by atoms with Gasteiger partial charge in [-0.2, -0.15) is 0 Å². The summed E-state index contributed by atoms with van der Waals surface area (Å²) in [6.45, 7) is 4.00. The van der Waals surface area contributed by atoms with Crippen molar-refractivity contribution < 1.29 is 14.7 Å². The lowest BCUT2D eigenvalue weighted by Crippen LogP contribution is -2.20. The molecule has 0 aromatic rings. The Balaban J connectivity index is 0. The van der Waals surface area contributed by atoms with E-state index in [4.69, 9.17) is 5.11 Å². The predicted octanol–water partition coefficient (Wildman–Crippen LogP) is 0.233. The largest absolute Gasteiger partial charge is 0.481 e. The molecule has 2 N–H and O–H groups in total. The van der Waals surface area contributed by atoms with Crippen LogP contribution in [0.3, 0.4) is 0 Å². The number of carboxylic acid groups (broad SMARTS) is 1. The molecule has 0 rings (SSSR count). The molecule has 0 aliphatic carbocycles. The van der Waals surface area contributed by atoms with E-state index in [1.807, 2.05) is 13.8 Å². The van der Waals surface area contributed by atoms with Crippen LogP contribution in [0.2, 0.25) is 0 Å². The van der Waals surface area contributed by atoms with Gasteiger partial charge in [0.1, 0.15) is 6.42 Å². The zero-order valence-electron chi connectivity index (χ0n) is 6.47. The third kappa shape index (κ3) is 10.0. The van der Waals surface area contributed by atoms with Crippen molar-refractivity contribution >= 4 is 11.9 Å². The van der Waals surface area contributed by atoms with Gasteiger partial charge in [-0.3, -0.25) is 9.59 Å². The first kappa shape index (κ1) is 11.7. The summed E-state index contributed by atoms with van der Waals surface area (Å²) in [7, 11) is 1.39. The zero-order valence-corrected chi connectivity index (χ0v) is 6.47. The minimum absolute atomic E-state index is 0.448. The van der Waals surface area contributed by atoms with E-state index >= 15 is 0 Å². The zero-order chi connectivity index (χ0) is 8.57. The number of nitrogens with one attached hydrogen (secondary N) is 1. The highest BCUT2D eigenvalue weighted by Gasteiger charge is 2.02. The van der Waals surface area contributed by atoms with Gasteiger partial charge in [0.05, 0.1) is 0 Å². The maximum Gasteiger partial charge on any atom is 0.312 e. The van der Waals surface area contributed by atoms with Crippen LogP contribution in [0, 0.1) is 0 Å². The van der Waals surface area contributed by atoms with Crippen molar-refractivity contribution in [2.24, 2.45) is 0 Å². The highest BCUT2D eigenvalue weighted by Crippen LogP contribution is 1.75. The third-order valence-corrected chi connectivity index (χ3v) is 0.591. The van der Waals surface area contributed by atoms with E-state index < -0.39 is 18.3 Å². The molecule has 0 radical (unpaired) electrons. The molecule has 0 atom stereocenters. The summed E-state index contributed by atoms with van der Waals surface area (Å²) in [5.74, 6) is -1.58. The predicted molar refractivity (Wildman–Crippen MR) is 37.7 cm³/mol. The van der Waals surface area contributed by atoms with Gasteiger partial charge >= 0.3 is 5.97 Å². The van der Waals surface area contributed by atoms with Gasteiger partial charge in [-0.1, -0.05) is 13.8 Å². The Labute approximate surface area is 60.2 Å². The van der Waals surface area contributed by atoms with Crippen molar-refractivity contribution in [3.63, 3.8) is 0 Å². The number of carbonyl (C=O) groups excluding carboxylic acids is 1. The van der Waals surface area contributed by atoms with E-state index in [-0.39, 0.29) is 0 Å². The Morgan fingerprint density at radius 2 is 1.80 bits per heavy atom. The van der Waals surface area contributed by atoms with Crippen LogP contribution in [0.4, 0.5) is 0 Å². The average Bonchev–Trinajstić information content (AvgIpc) is 1.91. The summed E-state index contributed by atoms with van der Waals surface area (Å²) in [5, 5.41) is 10.1. The highest BCUT2D eigenvalue weighted by molar-refractivity contribution is 5.93. The molecule has 0 fully saturated rings. The molecule has 10 heavy (non-hydrogen) atoms. The second kappa shape index (κ2) is 7.94. The lowest BCUT2D eigenvalue weighted by molar-refractivity contribution is -0.140. The molecule has 0 aromatic heterocycles. The molecule has 4 nitrogen and oxygen atoms in total.